The maximum atomic E-state index is 13.0. The number of nitrogens with two attached hydrogens (primary N) is 1. The Bertz CT molecular complexity index is 1340. The Balaban J connectivity index is 1.25. The Kier molecular flexibility index (Phi) is 6.89. The number of anilines is 1. The topological polar surface area (TPSA) is 117 Å². The second-order valence-electron chi connectivity index (χ2n) is 9.86. The molecule has 0 atom stereocenters. The van der Waals surface area contributed by atoms with Crippen LogP contribution in [-0.2, 0) is 4.79 Å². The first-order chi connectivity index (χ1) is 18.1. The number of carbonyl (C=O) groups excluding carboxylic acids is 2. The molecule has 0 bridgehead atoms. The van der Waals surface area contributed by atoms with Crippen LogP contribution in [0.5, 0.6) is 5.75 Å². The Morgan fingerprint density at radius 2 is 1.68 bits per heavy atom. The third-order valence-corrected chi connectivity index (χ3v) is 7.47. The van der Waals surface area contributed by atoms with Crippen LogP contribution >= 0.6 is 0 Å². The highest BCUT2D eigenvalue weighted by Crippen LogP contribution is 2.35. The number of carbonyl (C=O) groups is 2. The van der Waals surface area contributed by atoms with Crippen molar-refractivity contribution in [3.05, 3.63) is 47.4 Å². The first-order valence-corrected chi connectivity index (χ1v) is 12.6. The van der Waals surface area contributed by atoms with Crippen LogP contribution in [0.15, 0.2) is 30.5 Å². The zero-order chi connectivity index (χ0) is 27.0. The summed E-state index contributed by atoms with van der Waals surface area (Å²) >= 11 is 0. The van der Waals surface area contributed by atoms with Crippen molar-refractivity contribution < 1.29 is 27.5 Å². The van der Waals surface area contributed by atoms with Crippen molar-refractivity contribution in [2.24, 2.45) is 0 Å². The Hall–Kier alpha value is -3.83. The summed E-state index contributed by atoms with van der Waals surface area (Å²) in [6.45, 7) is 3.98. The number of benzene rings is 1. The van der Waals surface area contributed by atoms with E-state index in [2.05, 4.69) is 14.7 Å². The van der Waals surface area contributed by atoms with Gasteiger partial charge in [-0.1, -0.05) is 0 Å². The standard InChI is InChI=1S/C26H29F3N6O3/c1-15(36)34-10-7-17(8-11-34)23-32-22-19(4-9-31-24(22)33-23)16-5-12-35(13-6-16)25(37)20-3-2-18(14-21(20)30)38-26(27,28)29/h2-4,9,14,16-17H,5-8,10-13,30H2,1H3,(H,31,32,33). The number of amides is 2. The molecule has 0 spiro atoms. The summed E-state index contributed by atoms with van der Waals surface area (Å²) in [6.07, 6.45) is 0.0446. The lowest BCUT2D eigenvalue weighted by Gasteiger charge is -2.32. The molecule has 3 N–H and O–H groups in total. The molecule has 2 fully saturated rings. The molecule has 2 saturated heterocycles. The molecule has 2 aliphatic heterocycles. The number of hydrogen-bond acceptors (Lipinski definition) is 6. The van der Waals surface area contributed by atoms with E-state index >= 15 is 0 Å². The van der Waals surface area contributed by atoms with E-state index in [0.29, 0.717) is 39.0 Å². The van der Waals surface area contributed by atoms with E-state index in [1.54, 1.807) is 18.0 Å². The number of aromatic amines is 1. The Morgan fingerprint density at radius 3 is 2.32 bits per heavy atom. The first kappa shape index (κ1) is 25.8. The molecule has 38 heavy (non-hydrogen) atoms. The van der Waals surface area contributed by atoms with E-state index in [4.69, 9.17) is 10.7 Å². The van der Waals surface area contributed by atoms with Crippen LogP contribution in [0.3, 0.4) is 0 Å². The summed E-state index contributed by atoms with van der Waals surface area (Å²) in [5, 5.41) is 0. The Labute approximate surface area is 217 Å². The van der Waals surface area contributed by atoms with Gasteiger partial charge in [-0.05, 0) is 55.4 Å². The normalized spacial score (nSPS) is 17.7. The fourth-order valence-corrected chi connectivity index (χ4v) is 5.43. The number of fused-ring (bicyclic) bond motifs is 1. The summed E-state index contributed by atoms with van der Waals surface area (Å²) in [7, 11) is 0. The third-order valence-electron chi connectivity index (χ3n) is 7.47. The van der Waals surface area contributed by atoms with Gasteiger partial charge in [0.2, 0.25) is 5.91 Å². The summed E-state index contributed by atoms with van der Waals surface area (Å²) in [4.78, 5) is 41.0. The predicted molar refractivity (Wildman–Crippen MR) is 134 cm³/mol. The maximum absolute atomic E-state index is 13.0. The average Bonchev–Trinajstić information content (AvgIpc) is 3.32. The lowest BCUT2D eigenvalue weighted by molar-refractivity contribution is -0.274. The molecule has 202 valence electrons. The smallest absolute Gasteiger partial charge is 0.406 e. The highest BCUT2D eigenvalue weighted by Gasteiger charge is 2.32. The summed E-state index contributed by atoms with van der Waals surface area (Å²) in [5.41, 5.74) is 8.63. The number of likely N-dealkylation sites (tertiary alicyclic amines) is 2. The van der Waals surface area contributed by atoms with Crippen molar-refractivity contribution in [3.8, 4) is 5.75 Å². The number of halogens is 3. The zero-order valence-corrected chi connectivity index (χ0v) is 20.9. The number of alkyl halides is 3. The van der Waals surface area contributed by atoms with Crippen molar-refractivity contribution in [1.82, 2.24) is 24.8 Å². The second kappa shape index (κ2) is 10.1. The monoisotopic (exact) mass is 530 g/mol. The van der Waals surface area contributed by atoms with Crippen LogP contribution in [0.1, 0.15) is 66.2 Å². The number of nitrogen functional groups attached to an aromatic ring is 1. The fourth-order valence-electron chi connectivity index (χ4n) is 5.43. The predicted octanol–water partition coefficient (Wildman–Crippen LogP) is 4.18. The molecule has 2 amide bonds. The van der Waals surface area contributed by atoms with Crippen LogP contribution in [0.4, 0.5) is 18.9 Å². The van der Waals surface area contributed by atoms with Crippen molar-refractivity contribution in [1.29, 1.82) is 0 Å². The van der Waals surface area contributed by atoms with Gasteiger partial charge in [0.25, 0.3) is 5.91 Å². The first-order valence-electron chi connectivity index (χ1n) is 12.6. The zero-order valence-electron chi connectivity index (χ0n) is 20.9. The molecule has 2 aliphatic rings. The molecule has 0 saturated carbocycles. The van der Waals surface area contributed by atoms with E-state index in [0.717, 1.165) is 47.5 Å². The fraction of sp³-hybridized carbons (Fsp3) is 0.462. The molecule has 0 radical (unpaired) electrons. The number of imidazole rings is 1. The van der Waals surface area contributed by atoms with Gasteiger partial charge in [-0.25, -0.2) is 9.97 Å². The molecule has 5 rings (SSSR count). The van der Waals surface area contributed by atoms with Crippen molar-refractivity contribution in [2.45, 2.75) is 50.8 Å². The second-order valence-corrected chi connectivity index (χ2v) is 9.86. The third kappa shape index (κ3) is 5.39. The quantitative estimate of drug-likeness (QED) is 0.489. The van der Waals surface area contributed by atoms with Gasteiger partial charge in [0.15, 0.2) is 5.65 Å². The van der Waals surface area contributed by atoms with Crippen LogP contribution in [0, 0.1) is 0 Å². The molecular formula is C26H29F3N6O3. The molecule has 4 heterocycles. The van der Waals surface area contributed by atoms with Gasteiger partial charge < -0.3 is 25.3 Å². The minimum absolute atomic E-state index is 0.0621. The van der Waals surface area contributed by atoms with Crippen LogP contribution in [0.25, 0.3) is 11.2 Å². The minimum Gasteiger partial charge on any atom is -0.406 e. The number of rotatable bonds is 4. The maximum Gasteiger partial charge on any atom is 0.573 e. The van der Waals surface area contributed by atoms with Crippen LogP contribution < -0.4 is 10.5 Å². The number of nitrogens with one attached hydrogen (secondary N) is 1. The number of nitrogens with zero attached hydrogens (tertiary/aromatic N) is 4. The molecule has 0 aliphatic carbocycles. The SMILES string of the molecule is CC(=O)N1CCC(c2nc3c(C4CCN(C(=O)c5ccc(OC(F)(F)F)cc5N)CC4)ccnc3[nH]2)CC1. The van der Waals surface area contributed by atoms with Gasteiger partial charge in [-0.3, -0.25) is 9.59 Å². The summed E-state index contributed by atoms with van der Waals surface area (Å²) in [6, 6.07) is 5.35. The lowest BCUT2D eigenvalue weighted by atomic mass is 9.89. The van der Waals surface area contributed by atoms with Gasteiger partial charge in [-0.2, -0.15) is 0 Å². The minimum atomic E-state index is -4.83. The molecule has 12 heteroatoms. The number of hydrogen-bond donors (Lipinski definition) is 2. The van der Waals surface area contributed by atoms with E-state index in [1.807, 2.05) is 11.0 Å². The lowest BCUT2D eigenvalue weighted by Crippen LogP contribution is -2.38. The van der Waals surface area contributed by atoms with Gasteiger partial charge in [0.1, 0.15) is 17.1 Å². The van der Waals surface area contributed by atoms with E-state index in [-0.39, 0.29) is 34.9 Å². The van der Waals surface area contributed by atoms with E-state index in [9.17, 15) is 22.8 Å². The highest BCUT2D eigenvalue weighted by molar-refractivity contribution is 5.99. The van der Waals surface area contributed by atoms with Crippen molar-refractivity contribution in [2.75, 3.05) is 31.9 Å². The number of pyridine rings is 1. The molecule has 9 nitrogen and oxygen atoms in total. The van der Waals surface area contributed by atoms with Crippen LogP contribution in [-0.4, -0.2) is 69.1 Å². The molecule has 2 aromatic heterocycles. The summed E-state index contributed by atoms with van der Waals surface area (Å²) < 4.78 is 41.3. The molecule has 1 aromatic carbocycles. The largest absolute Gasteiger partial charge is 0.573 e. The van der Waals surface area contributed by atoms with E-state index in [1.165, 1.54) is 6.07 Å². The van der Waals surface area contributed by atoms with E-state index < -0.39 is 12.1 Å². The van der Waals surface area contributed by atoms with Crippen molar-refractivity contribution >= 4 is 28.7 Å². The molecule has 3 aromatic rings. The number of H-pyrrole nitrogens is 1. The van der Waals surface area contributed by atoms with Gasteiger partial charge >= 0.3 is 6.36 Å². The Morgan fingerprint density at radius 1 is 1.03 bits per heavy atom. The van der Waals surface area contributed by atoms with Crippen molar-refractivity contribution in [3.63, 3.8) is 0 Å². The molecule has 0 unspecified atom stereocenters. The number of piperidine rings is 2. The number of aromatic nitrogens is 3. The van der Waals surface area contributed by atoms with Crippen LogP contribution in [0.2, 0.25) is 0 Å². The van der Waals surface area contributed by atoms with Gasteiger partial charge in [0, 0.05) is 57.0 Å². The highest BCUT2D eigenvalue weighted by atomic mass is 19.4. The summed E-state index contributed by atoms with van der Waals surface area (Å²) in [5.74, 6) is 0.625. The van der Waals surface area contributed by atoms with Gasteiger partial charge in [0.05, 0.1) is 5.56 Å². The average molecular weight is 531 g/mol. The number of ether oxygens (including phenoxy) is 1. The molecular weight excluding hydrogens is 501 g/mol. The van der Waals surface area contributed by atoms with Gasteiger partial charge in [-0.15, -0.1) is 13.2 Å².